The number of allylic oxidation sites excluding steroid dienone is 2. The summed E-state index contributed by atoms with van der Waals surface area (Å²) in [6.07, 6.45) is 10.9. The highest BCUT2D eigenvalue weighted by Gasteiger charge is 2.71. The largest absolute Gasteiger partial charge is 0.396 e. The Morgan fingerprint density at radius 3 is 2.25 bits per heavy atom. The molecule has 4 fully saturated rings. The lowest BCUT2D eigenvalue weighted by molar-refractivity contribution is -0.224. The Labute approximate surface area is 218 Å². The standard InChI is InChI=1S/C32H47NO3/c1-27(2)10-12-32(14-15-34)13-11-31(7)25(21(32)18-27)22(35)16-24-29(5)17-20(19-33)26(36)28(3,4)23(29)8-9-30(24,31)6/h17,21,23-25,34H,8-16,18H2,1-7H3/t21?,23-,24+,25?,29-,30?,31+,32?/m0/s1. The van der Waals surface area contributed by atoms with Crippen molar-refractivity contribution in [1.29, 1.82) is 5.26 Å². The fourth-order valence-corrected chi connectivity index (χ4v) is 11.1. The lowest BCUT2D eigenvalue weighted by Gasteiger charge is -2.72. The number of carbonyl (C=O) groups excluding carboxylic acids is 2. The molecule has 0 spiro atoms. The van der Waals surface area contributed by atoms with Gasteiger partial charge in [-0.25, -0.2) is 0 Å². The Bertz CT molecular complexity index is 1060. The van der Waals surface area contributed by atoms with Crippen molar-refractivity contribution >= 4 is 11.6 Å². The molecule has 4 saturated carbocycles. The maximum absolute atomic E-state index is 14.4. The highest BCUT2D eigenvalue weighted by molar-refractivity contribution is 6.04. The molecule has 0 aliphatic heterocycles. The quantitative estimate of drug-likeness (QED) is 0.466. The smallest absolute Gasteiger partial charge is 0.178 e. The average Bonchev–Trinajstić information content (AvgIpc) is 2.79. The van der Waals surface area contributed by atoms with Crippen LogP contribution in [0.4, 0.5) is 0 Å². The van der Waals surface area contributed by atoms with E-state index in [1.807, 2.05) is 19.9 Å². The van der Waals surface area contributed by atoms with Crippen LogP contribution < -0.4 is 0 Å². The molecule has 0 aromatic carbocycles. The maximum atomic E-state index is 14.4. The maximum Gasteiger partial charge on any atom is 0.178 e. The van der Waals surface area contributed by atoms with Gasteiger partial charge in [-0.3, -0.25) is 9.59 Å². The molecule has 0 aromatic heterocycles. The number of aliphatic hydroxyl groups is 1. The highest BCUT2D eigenvalue weighted by atomic mass is 16.3. The SMILES string of the molecule is CC1(C)CCC2(CCO)CC[C@]3(C)C(C(=O)C[C@H]4C3(C)CC[C@H]3C(C)(C)C(=O)C(C#N)=C[C@@]34C)C2C1. The highest BCUT2D eigenvalue weighted by Crippen LogP contribution is 2.76. The van der Waals surface area contributed by atoms with Crippen LogP contribution in [-0.4, -0.2) is 23.3 Å². The normalized spacial score (nSPS) is 49.0. The first-order valence-electron chi connectivity index (χ1n) is 14.4. The van der Waals surface area contributed by atoms with Gasteiger partial charge in [0.25, 0.3) is 0 Å². The Morgan fingerprint density at radius 2 is 1.61 bits per heavy atom. The minimum atomic E-state index is -0.590. The van der Waals surface area contributed by atoms with Crippen molar-refractivity contribution in [2.75, 3.05) is 6.61 Å². The van der Waals surface area contributed by atoms with Crippen molar-refractivity contribution in [1.82, 2.24) is 0 Å². The van der Waals surface area contributed by atoms with Gasteiger partial charge in [0.2, 0.25) is 0 Å². The number of hydrogen-bond donors (Lipinski definition) is 1. The first kappa shape index (κ1) is 26.1. The molecule has 0 amide bonds. The first-order valence-corrected chi connectivity index (χ1v) is 14.4. The predicted octanol–water partition coefficient (Wildman–Crippen LogP) is 6.67. The molecule has 0 heterocycles. The number of rotatable bonds is 2. The summed E-state index contributed by atoms with van der Waals surface area (Å²) in [6, 6.07) is 2.22. The molecule has 36 heavy (non-hydrogen) atoms. The molecule has 5 rings (SSSR count). The zero-order valence-corrected chi connectivity index (χ0v) is 23.7. The number of nitrogens with zero attached hydrogens (tertiary/aromatic N) is 1. The number of nitriles is 1. The lowest BCUT2D eigenvalue weighted by atomic mass is 9.31. The number of carbonyl (C=O) groups is 2. The third-order valence-electron chi connectivity index (χ3n) is 13.3. The third-order valence-corrected chi connectivity index (χ3v) is 13.3. The molecule has 198 valence electrons. The predicted molar refractivity (Wildman–Crippen MR) is 141 cm³/mol. The number of Topliss-reactive ketones (excluding diaryl/α,β-unsaturated/α-hetero) is 2. The van der Waals surface area contributed by atoms with Crippen LogP contribution in [0, 0.1) is 67.5 Å². The summed E-state index contributed by atoms with van der Waals surface area (Å²) in [5.74, 6) is 1.03. The van der Waals surface area contributed by atoms with Gasteiger partial charge in [0.1, 0.15) is 11.9 Å². The van der Waals surface area contributed by atoms with Gasteiger partial charge in [-0.05, 0) is 96.2 Å². The van der Waals surface area contributed by atoms with Crippen LogP contribution in [0.1, 0.15) is 106 Å². The molecule has 4 heteroatoms. The molecule has 1 N–H and O–H groups in total. The van der Waals surface area contributed by atoms with Gasteiger partial charge in [0.15, 0.2) is 5.78 Å². The van der Waals surface area contributed by atoms with Gasteiger partial charge in [-0.1, -0.05) is 54.5 Å². The second-order valence-electron chi connectivity index (χ2n) is 15.5. The molecule has 5 aliphatic rings. The molecule has 0 bridgehead atoms. The van der Waals surface area contributed by atoms with Crippen LogP contribution in [-0.2, 0) is 9.59 Å². The van der Waals surface area contributed by atoms with E-state index in [0.29, 0.717) is 23.7 Å². The minimum Gasteiger partial charge on any atom is -0.396 e. The van der Waals surface area contributed by atoms with Gasteiger partial charge >= 0.3 is 0 Å². The number of fused-ring (bicyclic) bond motifs is 7. The van der Waals surface area contributed by atoms with E-state index in [1.54, 1.807) is 0 Å². The summed E-state index contributed by atoms with van der Waals surface area (Å²) in [4.78, 5) is 27.6. The summed E-state index contributed by atoms with van der Waals surface area (Å²) >= 11 is 0. The van der Waals surface area contributed by atoms with E-state index >= 15 is 0 Å². The van der Waals surface area contributed by atoms with Gasteiger partial charge in [-0.2, -0.15) is 5.26 Å². The number of aliphatic hydroxyl groups excluding tert-OH is 1. The Morgan fingerprint density at radius 1 is 0.944 bits per heavy atom. The average molecular weight is 494 g/mol. The zero-order chi connectivity index (χ0) is 26.5. The van der Waals surface area contributed by atoms with E-state index in [-0.39, 0.29) is 57.2 Å². The van der Waals surface area contributed by atoms with E-state index in [2.05, 4.69) is 40.7 Å². The molecule has 4 nitrogen and oxygen atoms in total. The molecule has 0 saturated heterocycles. The van der Waals surface area contributed by atoms with Crippen LogP contribution in [0.2, 0.25) is 0 Å². The zero-order valence-electron chi connectivity index (χ0n) is 23.7. The van der Waals surface area contributed by atoms with Gasteiger partial charge in [-0.15, -0.1) is 0 Å². The summed E-state index contributed by atoms with van der Waals surface area (Å²) in [5, 5.41) is 20.0. The van der Waals surface area contributed by atoms with E-state index in [4.69, 9.17) is 0 Å². The van der Waals surface area contributed by atoms with Crippen LogP contribution in [0.3, 0.4) is 0 Å². The second-order valence-corrected chi connectivity index (χ2v) is 15.5. The van der Waals surface area contributed by atoms with Crippen molar-refractivity contribution in [2.24, 2.45) is 56.2 Å². The van der Waals surface area contributed by atoms with Gasteiger partial charge in [0, 0.05) is 24.4 Å². The van der Waals surface area contributed by atoms with E-state index in [1.165, 1.54) is 6.42 Å². The van der Waals surface area contributed by atoms with Crippen molar-refractivity contribution in [3.63, 3.8) is 0 Å². The lowest BCUT2D eigenvalue weighted by Crippen LogP contribution is -2.68. The molecule has 0 radical (unpaired) electrons. The molecular weight excluding hydrogens is 446 g/mol. The summed E-state index contributed by atoms with van der Waals surface area (Å²) in [6.45, 7) is 16.1. The van der Waals surface area contributed by atoms with E-state index in [0.717, 1.165) is 44.9 Å². The van der Waals surface area contributed by atoms with Gasteiger partial charge < -0.3 is 5.11 Å². The first-order chi connectivity index (χ1) is 16.6. The van der Waals surface area contributed by atoms with Crippen LogP contribution in [0.5, 0.6) is 0 Å². The van der Waals surface area contributed by atoms with Gasteiger partial charge in [0.05, 0.1) is 5.57 Å². The van der Waals surface area contributed by atoms with Crippen LogP contribution >= 0.6 is 0 Å². The summed E-state index contributed by atoms with van der Waals surface area (Å²) in [7, 11) is 0. The fourth-order valence-electron chi connectivity index (χ4n) is 11.1. The Hall–Kier alpha value is -1.47. The van der Waals surface area contributed by atoms with Crippen molar-refractivity contribution in [2.45, 2.75) is 106 Å². The number of hydrogen-bond acceptors (Lipinski definition) is 4. The summed E-state index contributed by atoms with van der Waals surface area (Å²) < 4.78 is 0. The third kappa shape index (κ3) is 3.14. The molecular formula is C32H47NO3. The Balaban J connectivity index is 1.63. The Kier molecular flexibility index (Phi) is 5.65. The fraction of sp³-hybridized carbons (Fsp3) is 0.844. The van der Waals surface area contributed by atoms with Crippen molar-refractivity contribution in [3.05, 3.63) is 11.6 Å². The van der Waals surface area contributed by atoms with Crippen LogP contribution in [0.15, 0.2) is 11.6 Å². The monoisotopic (exact) mass is 493 g/mol. The molecule has 5 aliphatic carbocycles. The van der Waals surface area contributed by atoms with Crippen molar-refractivity contribution < 1.29 is 14.7 Å². The minimum absolute atomic E-state index is 0.0295. The van der Waals surface area contributed by atoms with Crippen molar-refractivity contribution in [3.8, 4) is 6.07 Å². The van der Waals surface area contributed by atoms with E-state index < -0.39 is 5.41 Å². The topological polar surface area (TPSA) is 78.2 Å². The van der Waals surface area contributed by atoms with Crippen LogP contribution in [0.25, 0.3) is 0 Å². The summed E-state index contributed by atoms with van der Waals surface area (Å²) in [5.41, 5.74) is -0.468. The molecule has 4 unspecified atom stereocenters. The molecule has 0 aromatic rings. The number of ketones is 2. The van der Waals surface area contributed by atoms with E-state index in [9.17, 15) is 20.0 Å². The second kappa shape index (κ2) is 7.78. The molecule has 8 atom stereocenters.